The minimum absolute atomic E-state index is 0.227. The molecule has 1 radical (unpaired) electrons. The predicted molar refractivity (Wildman–Crippen MR) is 49.6 cm³/mol. The molecule has 4 heteroatoms. The number of benzene rings is 1. The monoisotopic (exact) mass is 196 g/mol. The Morgan fingerprint density at radius 2 is 2.36 bits per heavy atom. The Balaban J connectivity index is 2.77. The molecule has 1 aromatic carbocycles. The number of methoxy groups -OCH3 is 1. The van der Waals surface area contributed by atoms with Crippen LogP contribution >= 0.6 is 0 Å². The van der Waals surface area contributed by atoms with Crippen LogP contribution in [0.4, 0.5) is 4.39 Å². The highest BCUT2D eigenvalue weighted by atomic mass is 19.1. The molecule has 0 aliphatic heterocycles. The van der Waals surface area contributed by atoms with E-state index in [1.807, 2.05) is 0 Å². The molecule has 0 saturated heterocycles. The molecule has 0 aliphatic rings. The molecule has 1 N–H and O–H groups in total. The second-order valence-corrected chi connectivity index (χ2v) is 2.81. The molecule has 0 bridgehead atoms. The number of nitrogens with one attached hydrogen (secondary N) is 1. The fraction of sp³-hybridized carbons (Fsp3) is 0.300. The molecular weight excluding hydrogens is 185 g/mol. The second-order valence-electron chi connectivity index (χ2n) is 2.81. The summed E-state index contributed by atoms with van der Waals surface area (Å²) in [5.74, 6) is -0.300. The van der Waals surface area contributed by atoms with Crippen LogP contribution in [0.3, 0.4) is 0 Å². The quantitative estimate of drug-likeness (QED) is 0.717. The van der Waals surface area contributed by atoms with E-state index in [1.165, 1.54) is 13.2 Å². The van der Waals surface area contributed by atoms with Gasteiger partial charge in [-0.15, -0.1) is 0 Å². The molecule has 1 amide bonds. The van der Waals surface area contributed by atoms with Gasteiger partial charge in [-0.2, -0.15) is 0 Å². The van der Waals surface area contributed by atoms with E-state index in [0.29, 0.717) is 12.1 Å². The summed E-state index contributed by atoms with van der Waals surface area (Å²) in [6.07, 6.45) is 1.56. The fourth-order valence-electron chi connectivity index (χ4n) is 1.14. The van der Waals surface area contributed by atoms with Crippen molar-refractivity contribution in [3.8, 4) is 0 Å². The molecule has 0 unspecified atom stereocenters. The Bertz CT molecular complexity index is 315. The fourth-order valence-corrected chi connectivity index (χ4v) is 1.14. The van der Waals surface area contributed by atoms with E-state index in [9.17, 15) is 9.18 Å². The van der Waals surface area contributed by atoms with Gasteiger partial charge in [0.25, 0.3) is 0 Å². The maximum atomic E-state index is 13.1. The second kappa shape index (κ2) is 5.34. The van der Waals surface area contributed by atoms with E-state index < -0.39 is 0 Å². The van der Waals surface area contributed by atoms with E-state index in [2.05, 4.69) is 5.32 Å². The van der Waals surface area contributed by atoms with Gasteiger partial charge >= 0.3 is 6.41 Å². The van der Waals surface area contributed by atoms with Crippen molar-refractivity contribution in [2.45, 2.75) is 13.2 Å². The lowest BCUT2D eigenvalue weighted by Crippen LogP contribution is -2.10. The SMILES string of the molecule is COCc1cc(CN[C]=O)ccc1F. The summed E-state index contributed by atoms with van der Waals surface area (Å²) in [5, 5.41) is 2.38. The van der Waals surface area contributed by atoms with Crippen LogP contribution in [0.25, 0.3) is 0 Å². The molecule has 1 rings (SSSR count). The summed E-state index contributed by atoms with van der Waals surface area (Å²) >= 11 is 0. The molecule has 0 aliphatic carbocycles. The summed E-state index contributed by atoms with van der Waals surface area (Å²) in [6, 6.07) is 4.62. The minimum atomic E-state index is -0.300. The van der Waals surface area contributed by atoms with Gasteiger partial charge in [-0.3, -0.25) is 4.79 Å². The first-order valence-corrected chi connectivity index (χ1v) is 4.14. The smallest absolute Gasteiger partial charge is 0.309 e. The van der Waals surface area contributed by atoms with Crippen molar-refractivity contribution in [1.82, 2.24) is 5.32 Å². The first-order valence-electron chi connectivity index (χ1n) is 4.14. The van der Waals surface area contributed by atoms with Crippen LogP contribution in [0.1, 0.15) is 11.1 Å². The van der Waals surface area contributed by atoms with Crippen LogP contribution in [-0.2, 0) is 22.7 Å². The lowest BCUT2D eigenvalue weighted by atomic mass is 10.1. The predicted octanol–water partition coefficient (Wildman–Crippen LogP) is 1.13. The molecule has 0 fully saturated rings. The van der Waals surface area contributed by atoms with Crippen molar-refractivity contribution in [2.75, 3.05) is 7.11 Å². The van der Waals surface area contributed by atoms with E-state index in [-0.39, 0.29) is 12.4 Å². The first-order chi connectivity index (χ1) is 6.77. The summed E-state index contributed by atoms with van der Waals surface area (Å²) < 4.78 is 17.9. The molecule has 0 spiro atoms. The molecule has 0 aromatic heterocycles. The zero-order chi connectivity index (χ0) is 10.4. The number of hydrogen-bond donors (Lipinski definition) is 1. The third kappa shape index (κ3) is 2.81. The van der Waals surface area contributed by atoms with Crippen molar-refractivity contribution in [1.29, 1.82) is 0 Å². The molecular formula is C10H11FNO2. The largest absolute Gasteiger partial charge is 0.380 e. The van der Waals surface area contributed by atoms with Gasteiger partial charge in [0.05, 0.1) is 6.61 Å². The van der Waals surface area contributed by atoms with Crippen LogP contribution in [0.15, 0.2) is 18.2 Å². The summed E-state index contributed by atoms with van der Waals surface area (Å²) in [7, 11) is 1.50. The van der Waals surface area contributed by atoms with Crippen molar-refractivity contribution >= 4 is 6.41 Å². The topological polar surface area (TPSA) is 38.3 Å². The van der Waals surface area contributed by atoms with Crippen LogP contribution in [-0.4, -0.2) is 13.5 Å². The van der Waals surface area contributed by atoms with Crippen molar-refractivity contribution in [3.05, 3.63) is 35.1 Å². The molecule has 75 valence electrons. The normalized spacial score (nSPS) is 9.86. The zero-order valence-electron chi connectivity index (χ0n) is 7.84. The standard InChI is InChI=1S/C10H11FNO2/c1-14-6-9-4-8(5-12-7-13)2-3-10(9)11/h2-4H,5-6H2,1H3,(H,12,13). The highest BCUT2D eigenvalue weighted by molar-refractivity contribution is 5.47. The molecule has 14 heavy (non-hydrogen) atoms. The van der Waals surface area contributed by atoms with Gasteiger partial charge in [0, 0.05) is 19.2 Å². The molecule has 0 saturated carbocycles. The first kappa shape index (κ1) is 10.7. The molecule has 0 heterocycles. The van der Waals surface area contributed by atoms with Crippen LogP contribution < -0.4 is 5.32 Å². The molecule has 0 atom stereocenters. The maximum absolute atomic E-state index is 13.1. The van der Waals surface area contributed by atoms with Gasteiger partial charge in [0.1, 0.15) is 5.82 Å². The lowest BCUT2D eigenvalue weighted by molar-refractivity contribution is 0.181. The summed E-state index contributed by atoms with van der Waals surface area (Å²) in [4.78, 5) is 9.92. The van der Waals surface area contributed by atoms with Crippen molar-refractivity contribution in [3.63, 3.8) is 0 Å². The number of rotatable bonds is 5. The van der Waals surface area contributed by atoms with Crippen molar-refractivity contribution in [2.24, 2.45) is 0 Å². The summed E-state index contributed by atoms with van der Waals surface area (Å²) in [5.41, 5.74) is 1.31. The number of amides is 1. The average molecular weight is 196 g/mol. The molecule has 1 aromatic rings. The van der Waals surface area contributed by atoms with E-state index in [4.69, 9.17) is 4.74 Å². The van der Waals surface area contributed by atoms with Crippen molar-refractivity contribution < 1.29 is 13.9 Å². The van der Waals surface area contributed by atoms with Crippen LogP contribution in [0.2, 0.25) is 0 Å². The minimum Gasteiger partial charge on any atom is -0.380 e. The Kier molecular flexibility index (Phi) is 4.07. The number of halogens is 1. The van der Waals surface area contributed by atoms with Crippen LogP contribution in [0, 0.1) is 5.82 Å². The Hall–Kier alpha value is -1.42. The Morgan fingerprint density at radius 1 is 1.57 bits per heavy atom. The van der Waals surface area contributed by atoms with E-state index in [1.54, 1.807) is 18.5 Å². The van der Waals surface area contributed by atoms with Crippen LogP contribution in [0.5, 0.6) is 0 Å². The summed E-state index contributed by atoms with van der Waals surface area (Å²) in [6.45, 7) is 0.574. The number of carbonyl (C=O) groups excluding carboxylic acids is 1. The number of ether oxygens (including phenoxy) is 1. The Morgan fingerprint density at radius 3 is 3.00 bits per heavy atom. The van der Waals surface area contributed by atoms with E-state index in [0.717, 1.165) is 5.56 Å². The third-order valence-electron chi connectivity index (χ3n) is 1.77. The number of hydrogen-bond acceptors (Lipinski definition) is 2. The average Bonchev–Trinajstić information content (AvgIpc) is 2.19. The van der Waals surface area contributed by atoms with Gasteiger partial charge in [-0.05, 0) is 17.7 Å². The van der Waals surface area contributed by atoms with Gasteiger partial charge in [0.2, 0.25) is 0 Å². The maximum Gasteiger partial charge on any atom is 0.309 e. The van der Waals surface area contributed by atoms with Gasteiger partial charge in [-0.1, -0.05) is 6.07 Å². The Labute approximate surface area is 81.9 Å². The highest BCUT2D eigenvalue weighted by Crippen LogP contribution is 2.11. The van der Waals surface area contributed by atoms with Gasteiger partial charge in [0.15, 0.2) is 0 Å². The third-order valence-corrected chi connectivity index (χ3v) is 1.77. The lowest BCUT2D eigenvalue weighted by Gasteiger charge is -2.05. The zero-order valence-corrected chi connectivity index (χ0v) is 7.84. The molecule has 3 nitrogen and oxygen atoms in total. The van der Waals surface area contributed by atoms with E-state index >= 15 is 0 Å². The van der Waals surface area contributed by atoms with Gasteiger partial charge in [-0.25, -0.2) is 4.39 Å². The van der Waals surface area contributed by atoms with Gasteiger partial charge < -0.3 is 10.1 Å². The highest BCUT2D eigenvalue weighted by Gasteiger charge is 2.02.